The van der Waals surface area contributed by atoms with E-state index in [1.165, 1.54) is 28.9 Å². The van der Waals surface area contributed by atoms with Crippen LogP contribution in [-0.2, 0) is 11.3 Å². The molecular weight excluding hydrogens is 381 g/mol. The number of aromatic nitrogens is 2. The fourth-order valence-corrected chi connectivity index (χ4v) is 3.28. The highest BCUT2D eigenvalue weighted by Gasteiger charge is 2.13. The van der Waals surface area contributed by atoms with Gasteiger partial charge in [0.05, 0.1) is 17.6 Å². The van der Waals surface area contributed by atoms with Crippen molar-refractivity contribution in [1.82, 2.24) is 9.78 Å². The number of carbonyl (C=O) groups excluding carboxylic acids is 1. The van der Waals surface area contributed by atoms with Gasteiger partial charge in [-0.2, -0.15) is 5.10 Å². The number of benzene rings is 3. The van der Waals surface area contributed by atoms with E-state index in [-0.39, 0.29) is 30.2 Å². The maximum absolute atomic E-state index is 13.0. The van der Waals surface area contributed by atoms with Crippen LogP contribution >= 0.6 is 0 Å². The molecule has 0 spiro atoms. The monoisotopic (exact) mass is 401 g/mol. The largest absolute Gasteiger partial charge is 0.326 e. The number of rotatable bonds is 5. The van der Waals surface area contributed by atoms with Gasteiger partial charge in [-0.25, -0.2) is 9.07 Å². The molecule has 30 heavy (non-hydrogen) atoms. The Bertz CT molecular complexity index is 1260. The number of carbonyl (C=O) groups is 1. The Hall–Kier alpha value is -3.80. The highest BCUT2D eigenvalue weighted by molar-refractivity contribution is 5.94. The molecule has 6 heteroatoms. The quantitative estimate of drug-likeness (QED) is 0.534. The molecule has 4 aromatic rings. The lowest BCUT2D eigenvalue weighted by molar-refractivity contribution is -0.116. The van der Waals surface area contributed by atoms with Crippen molar-refractivity contribution < 1.29 is 9.18 Å². The van der Waals surface area contributed by atoms with Crippen LogP contribution in [0.25, 0.3) is 22.0 Å². The standard InChI is InChI=1S/C24H20FN3O2/c1-16-6-8-17(9-7-16)23-20-4-2-3-5-21(20)24(30)28(27-23)15-14-22(29)26-19-12-10-18(25)11-13-19/h2-13H,14-15H2,1H3,(H,26,29). The molecule has 0 aliphatic carbocycles. The predicted octanol–water partition coefficient (Wildman–Crippen LogP) is 4.54. The third-order valence-corrected chi connectivity index (χ3v) is 4.87. The number of fused-ring (bicyclic) bond motifs is 1. The molecule has 0 saturated carbocycles. The molecule has 0 atom stereocenters. The van der Waals surface area contributed by atoms with Gasteiger partial charge in [0.15, 0.2) is 0 Å². The Morgan fingerprint density at radius 2 is 1.63 bits per heavy atom. The zero-order chi connectivity index (χ0) is 21.1. The molecule has 5 nitrogen and oxygen atoms in total. The Balaban J connectivity index is 1.63. The molecule has 0 fully saturated rings. The van der Waals surface area contributed by atoms with E-state index in [0.717, 1.165) is 16.5 Å². The number of hydrogen-bond donors (Lipinski definition) is 1. The Kier molecular flexibility index (Phi) is 5.39. The number of aryl methyl sites for hydroxylation is 2. The molecule has 0 radical (unpaired) electrons. The summed E-state index contributed by atoms with van der Waals surface area (Å²) in [6.45, 7) is 2.14. The summed E-state index contributed by atoms with van der Waals surface area (Å²) in [7, 11) is 0. The van der Waals surface area contributed by atoms with Gasteiger partial charge in [0.2, 0.25) is 5.91 Å². The molecule has 0 saturated heterocycles. The molecule has 1 aromatic heterocycles. The van der Waals surface area contributed by atoms with Gasteiger partial charge < -0.3 is 5.32 Å². The van der Waals surface area contributed by atoms with Crippen molar-refractivity contribution in [1.29, 1.82) is 0 Å². The molecule has 3 aromatic carbocycles. The lowest BCUT2D eigenvalue weighted by atomic mass is 10.0. The first kappa shape index (κ1) is 19.5. The molecule has 0 bridgehead atoms. The number of amides is 1. The SMILES string of the molecule is Cc1ccc(-c2nn(CCC(=O)Nc3ccc(F)cc3)c(=O)c3ccccc23)cc1. The van der Waals surface area contributed by atoms with Crippen LogP contribution < -0.4 is 10.9 Å². The first-order valence-electron chi connectivity index (χ1n) is 9.63. The van der Waals surface area contributed by atoms with Gasteiger partial charge in [-0.05, 0) is 37.3 Å². The predicted molar refractivity (Wildman–Crippen MR) is 116 cm³/mol. The highest BCUT2D eigenvalue weighted by atomic mass is 19.1. The summed E-state index contributed by atoms with van der Waals surface area (Å²) in [5.41, 5.74) is 3.00. The maximum atomic E-state index is 13.0. The molecule has 0 aliphatic heterocycles. The fourth-order valence-electron chi connectivity index (χ4n) is 3.28. The zero-order valence-corrected chi connectivity index (χ0v) is 16.4. The molecule has 1 N–H and O–H groups in total. The van der Waals surface area contributed by atoms with Gasteiger partial charge in [-0.15, -0.1) is 0 Å². The lowest BCUT2D eigenvalue weighted by Gasteiger charge is -2.12. The summed E-state index contributed by atoms with van der Waals surface area (Å²) in [5.74, 6) is -0.649. The lowest BCUT2D eigenvalue weighted by Crippen LogP contribution is -2.26. The molecule has 0 unspecified atom stereocenters. The minimum absolute atomic E-state index is 0.0654. The Morgan fingerprint density at radius 1 is 0.967 bits per heavy atom. The van der Waals surface area contributed by atoms with Crippen LogP contribution in [0.5, 0.6) is 0 Å². The van der Waals surface area contributed by atoms with Crippen molar-refractivity contribution in [3.8, 4) is 11.3 Å². The van der Waals surface area contributed by atoms with Crippen molar-refractivity contribution in [2.24, 2.45) is 0 Å². The van der Waals surface area contributed by atoms with Crippen LogP contribution in [0.2, 0.25) is 0 Å². The minimum atomic E-state index is -0.372. The summed E-state index contributed by atoms with van der Waals surface area (Å²) < 4.78 is 14.3. The van der Waals surface area contributed by atoms with Crippen molar-refractivity contribution in [3.05, 3.63) is 94.5 Å². The summed E-state index contributed by atoms with van der Waals surface area (Å²) in [6, 6.07) is 20.8. The van der Waals surface area contributed by atoms with Gasteiger partial charge in [-0.3, -0.25) is 9.59 Å². The topological polar surface area (TPSA) is 64.0 Å². The van der Waals surface area contributed by atoms with Crippen molar-refractivity contribution >= 4 is 22.4 Å². The molecule has 1 heterocycles. The van der Waals surface area contributed by atoms with E-state index in [9.17, 15) is 14.0 Å². The van der Waals surface area contributed by atoms with Crippen LogP contribution in [0.1, 0.15) is 12.0 Å². The summed E-state index contributed by atoms with van der Waals surface area (Å²) in [6.07, 6.45) is 0.0654. The van der Waals surface area contributed by atoms with E-state index in [1.807, 2.05) is 49.4 Å². The van der Waals surface area contributed by atoms with E-state index in [0.29, 0.717) is 16.8 Å². The number of nitrogens with zero attached hydrogens (tertiary/aromatic N) is 2. The fraction of sp³-hybridized carbons (Fsp3) is 0.125. The van der Waals surface area contributed by atoms with Crippen molar-refractivity contribution in [2.75, 3.05) is 5.32 Å². The van der Waals surface area contributed by atoms with E-state index >= 15 is 0 Å². The average Bonchev–Trinajstić information content (AvgIpc) is 2.76. The molecule has 4 rings (SSSR count). The average molecular weight is 401 g/mol. The zero-order valence-electron chi connectivity index (χ0n) is 16.4. The minimum Gasteiger partial charge on any atom is -0.326 e. The first-order chi connectivity index (χ1) is 14.5. The number of nitrogens with one attached hydrogen (secondary N) is 1. The van der Waals surface area contributed by atoms with E-state index in [1.54, 1.807) is 6.07 Å². The van der Waals surface area contributed by atoms with Crippen molar-refractivity contribution in [3.63, 3.8) is 0 Å². The molecule has 1 amide bonds. The van der Waals surface area contributed by atoms with Gasteiger partial charge in [0.1, 0.15) is 5.82 Å². The van der Waals surface area contributed by atoms with Crippen LogP contribution in [0.15, 0.2) is 77.6 Å². The number of halogens is 1. The van der Waals surface area contributed by atoms with Crippen LogP contribution in [0, 0.1) is 12.7 Å². The third-order valence-electron chi connectivity index (χ3n) is 4.87. The second-order valence-electron chi connectivity index (χ2n) is 7.09. The van der Waals surface area contributed by atoms with Gasteiger partial charge in [-0.1, -0.05) is 48.0 Å². The van der Waals surface area contributed by atoms with E-state index in [4.69, 9.17) is 0 Å². The molecular formula is C24H20FN3O2. The first-order valence-corrected chi connectivity index (χ1v) is 9.63. The molecule has 150 valence electrons. The smallest absolute Gasteiger partial charge is 0.274 e. The second-order valence-corrected chi connectivity index (χ2v) is 7.09. The molecule has 0 aliphatic rings. The van der Waals surface area contributed by atoms with E-state index in [2.05, 4.69) is 10.4 Å². The summed E-state index contributed by atoms with van der Waals surface area (Å²) >= 11 is 0. The number of anilines is 1. The third kappa shape index (κ3) is 4.12. The Morgan fingerprint density at radius 3 is 2.33 bits per heavy atom. The maximum Gasteiger partial charge on any atom is 0.274 e. The van der Waals surface area contributed by atoms with E-state index < -0.39 is 0 Å². The summed E-state index contributed by atoms with van der Waals surface area (Å²) in [4.78, 5) is 25.2. The van der Waals surface area contributed by atoms with Gasteiger partial charge >= 0.3 is 0 Å². The van der Waals surface area contributed by atoms with Crippen molar-refractivity contribution in [2.45, 2.75) is 19.9 Å². The highest BCUT2D eigenvalue weighted by Crippen LogP contribution is 2.25. The Labute approximate surface area is 172 Å². The van der Waals surface area contributed by atoms with Crippen LogP contribution in [0.3, 0.4) is 0 Å². The number of hydrogen-bond acceptors (Lipinski definition) is 3. The summed E-state index contributed by atoms with van der Waals surface area (Å²) in [5, 5.41) is 8.60. The van der Waals surface area contributed by atoms with Crippen LogP contribution in [-0.4, -0.2) is 15.7 Å². The van der Waals surface area contributed by atoms with Gasteiger partial charge in [0.25, 0.3) is 5.56 Å². The van der Waals surface area contributed by atoms with Crippen LogP contribution in [0.4, 0.5) is 10.1 Å². The normalized spacial score (nSPS) is 10.9. The van der Waals surface area contributed by atoms with Gasteiger partial charge in [0, 0.05) is 23.1 Å². The second kappa shape index (κ2) is 8.29.